The molecule has 13 heavy (non-hydrogen) atoms. The number of carbonyl (C=O) groups excluding carboxylic acids is 1. The summed E-state index contributed by atoms with van der Waals surface area (Å²) in [6, 6.07) is 0. The molecule has 0 unspecified atom stereocenters. The minimum absolute atomic E-state index is 0.321. The minimum Gasteiger partial charge on any atom is -0.366 e. The van der Waals surface area contributed by atoms with E-state index >= 15 is 0 Å². The first-order valence-corrected chi connectivity index (χ1v) is 4.86. The summed E-state index contributed by atoms with van der Waals surface area (Å²) in [4.78, 5) is 10.9. The van der Waals surface area contributed by atoms with Crippen LogP contribution in [0.4, 0.5) is 0 Å². The molecule has 76 valence electrons. The summed E-state index contributed by atoms with van der Waals surface area (Å²) >= 11 is 0. The highest BCUT2D eigenvalue weighted by Gasteiger charge is 2.19. The molecular formula is C10H21N2O+. The zero-order chi connectivity index (χ0) is 10.5. The molecule has 0 aromatic heterocycles. The lowest BCUT2D eigenvalue weighted by Crippen LogP contribution is -2.43. The number of primary amides is 1. The molecule has 3 nitrogen and oxygen atoms in total. The molecule has 0 heterocycles. The molecule has 0 saturated carbocycles. The summed E-state index contributed by atoms with van der Waals surface area (Å²) in [6.07, 6.45) is 1.97. The molecule has 0 rings (SSSR count). The van der Waals surface area contributed by atoms with E-state index in [0.717, 1.165) is 24.1 Å². The van der Waals surface area contributed by atoms with E-state index in [0.29, 0.717) is 5.57 Å². The number of hydrogen-bond acceptors (Lipinski definition) is 1. The van der Waals surface area contributed by atoms with Gasteiger partial charge in [0.1, 0.15) is 6.20 Å². The van der Waals surface area contributed by atoms with Crippen molar-refractivity contribution in [3.05, 3.63) is 11.8 Å². The molecule has 0 radical (unpaired) electrons. The van der Waals surface area contributed by atoms with Gasteiger partial charge in [0.2, 0.25) is 5.91 Å². The maximum atomic E-state index is 10.9. The van der Waals surface area contributed by atoms with Crippen molar-refractivity contribution in [2.24, 2.45) is 5.73 Å². The van der Waals surface area contributed by atoms with Crippen LogP contribution in [0.5, 0.6) is 0 Å². The minimum atomic E-state index is -0.321. The lowest BCUT2D eigenvalue weighted by Gasteiger charge is -2.31. The molecule has 0 spiro atoms. The average molecular weight is 185 g/mol. The fraction of sp³-hybridized carbons (Fsp3) is 0.700. The van der Waals surface area contributed by atoms with E-state index in [4.69, 9.17) is 5.73 Å². The first-order chi connectivity index (χ1) is 6.01. The van der Waals surface area contributed by atoms with Gasteiger partial charge in [-0.15, -0.1) is 0 Å². The van der Waals surface area contributed by atoms with Crippen LogP contribution < -0.4 is 5.73 Å². The van der Waals surface area contributed by atoms with Crippen LogP contribution in [0.3, 0.4) is 0 Å². The number of nitrogens with zero attached hydrogens (tertiary/aromatic N) is 1. The van der Waals surface area contributed by atoms with Crippen molar-refractivity contribution in [1.82, 2.24) is 0 Å². The lowest BCUT2D eigenvalue weighted by atomic mass is 10.2. The van der Waals surface area contributed by atoms with E-state index in [2.05, 4.69) is 20.8 Å². The summed E-state index contributed by atoms with van der Waals surface area (Å²) < 4.78 is 0.828. The number of carbonyl (C=O) groups is 1. The van der Waals surface area contributed by atoms with Crippen LogP contribution >= 0.6 is 0 Å². The molecule has 0 aliphatic heterocycles. The highest BCUT2D eigenvalue weighted by atomic mass is 16.1. The number of hydrogen-bond donors (Lipinski definition) is 1. The average Bonchev–Trinajstić information content (AvgIpc) is 2.14. The Bertz CT molecular complexity index is 197. The molecule has 0 fully saturated rings. The second kappa shape index (κ2) is 5.02. The second-order valence-corrected chi connectivity index (χ2v) is 3.34. The fourth-order valence-electron chi connectivity index (χ4n) is 1.42. The number of amides is 1. The van der Waals surface area contributed by atoms with Gasteiger partial charge in [-0.2, -0.15) is 0 Å². The van der Waals surface area contributed by atoms with Gasteiger partial charge in [0.05, 0.1) is 25.2 Å². The van der Waals surface area contributed by atoms with Crippen molar-refractivity contribution in [3.63, 3.8) is 0 Å². The van der Waals surface area contributed by atoms with E-state index in [-0.39, 0.29) is 5.91 Å². The first kappa shape index (κ1) is 12.2. The molecule has 2 N–H and O–H groups in total. The molecule has 3 heteroatoms. The van der Waals surface area contributed by atoms with Crippen LogP contribution in [0.1, 0.15) is 27.7 Å². The van der Waals surface area contributed by atoms with Gasteiger partial charge in [0, 0.05) is 0 Å². The van der Waals surface area contributed by atoms with E-state index in [1.165, 1.54) is 0 Å². The second-order valence-electron chi connectivity index (χ2n) is 3.34. The molecule has 0 aromatic carbocycles. The molecular weight excluding hydrogens is 164 g/mol. The predicted molar refractivity (Wildman–Crippen MR) is 54.8 cm³/mol. The summed E-state index contributed by atoms with van der Waals surface area (Å²) in [5, 5.41) is 0. The molecule has 0 atom stereocenters. The molecule has 0 aromatic rings. The van der Waals surface area contributed by atoms with Gasteiger partial charge in [-0.3, -0.25) is 9.28 Å². The normalized spacial score (nSPS) is 13.1. The molecule has 0 aliphatic carbocycles. The van der Waals surface area contributed by atoms with Crippen LogP contribution in [0.15, 0.2) is 11.8 Å². The van der Waals surface area contributed by atoms with Crippen LogP contribution in [-0.4, -0.2) is 30.0 Å². The van der Waals surface area contributed by atoms with Gasteiger partial charge < -0.3 is 5.73 Å². The maximum Gasteiger partial charge on any atom is 0.249 e. The topological polar surface area (TPSA) is 43.1 Å². The molecule has 0 bridgehead atoms. The summed E-state index contributed by atoms with van der Waals surface area (Å²) in [7, 11) is 0. The SMILES string of the molecule is CC[N+](C=C(C)C(N)=O)(CC)CC. The highest BCUT2D eigenvalue weighted by Crippen LogP contribution is 2.09. The largest absolute Gasteiger partial charge is 0.366 e. The maximum absolute atomic E-state index is 10.9. The lowest BCUT2D eigenvalue weighted by molar-refractivity contribution is -0.874. The summed E-state index contributed by atoms with van der Waals surface area (Å²) in [5.74, 6) is -0.321. The molecule has 0 aliphatic rings. The Hall–Kier alpha value is -0.830. The van der Waals surface area contributed by atoms with E-state index in [1.54, 1.807) is 6.92 Å². The van der Waals surface area contributed by atoms with Gasteiger partial charge >= 0.3 is 0 Å². The van der Waals surface area contributed by atoms with Gasteiger partial charge in [-0.1, -0.05) is 0 Å². The Morgan fingerprint density at radius 3 is 1.85 bits per heavy atom. The fourth-order valence-corrected chi connectivity index (χ4v) is 1.42. The van der Waals surface area contributed by atoms with E-state index in [9.17, 15) is 4.79 Å². The van der Waals surface area contributed by atoms with Crippen molar-refractivity contribution in [2.75, 3.05) is 19.6 Å². The number of rotatable bonds is 5. The zero-order valence-electron chi connectivity index (χ0n) is 9.13. The number of nitrogens with two attached hydrogens (primary N) is 1. The Labute approximate surface area is 80.8 Å². The van der Waals surface area contributed by atoms with Crippen molar-refractivity contribution in [1.29, 1.82) is 0 Å². The highest BCUT2D eigenvalue weighted by molar-refractivity contribution is 5.90. The molecule has 1 amide bonds. The van der Waals surface area contributed by atoms with Crippen LogP contribution in [0.2, 0.25) is 0 Å². The van der Waals surface area contributed by atoms with Crippen molar-refractivity contribution >= 4 is 5.91 Å². The van der Waals surface area contributed by atoms with Crippen molar-refractivity contribution in [3.8, 4) is 0 Å². The van der Waals surface area contributed by atoms with Gasteiger partial charge in [-0.05, 0) is 27.7 Å². The van der Waals surface area contributed by atoms with Gasteiger partial charge in [0.25, 0.3) is 0 Å². The van der Waals surface area contributed by atoms with E-state index < -0.39 is 0 Å². The number of quaternary nitrogens is 1. The van der Waals surface area contributed by atoms with E-state index in [1.807, 2.05) is 6.20 Å². The standard InChI is InChI=1S/C10H20N2O/c1-5-12(6-2,7-3)8-9(4)10(11)13/h8H,5-7H2,1-4H3,(H-,11,13)/p+1. The Balaban J connectivity index is 4.76. The Morgan fingerprint density at radius 2 is 1.62 bits per heavy atom. The summed E-state index contributed by atoms with van der Waals surface area (Å²) in [6.45, 7) is 11.1. The summed E-state index contributed by atoms with van der Waals surface area (Å²) in [5.41, 5.74) is 5.85. The van der Waals surface area contributed by atoms with Crippen LogP contribution in [-0.2, 0) is 4.79 Å². The van der Waals surface area contributed by atoms with Crippen LogP contribution in [0.25, 0.3) is 0 Å². The third kappa shape index (κ3) is 3.19. The molecule has 0 saturated heterocycles. The smallest absolute Gasteiger partial charge is 0.249 e. The van der Waals surface area contributed by atoms with Crippen LogP contribution in [0, 0.1) is 0 Å². The Morgan fingerprint density at radius 1 is 1.23 bits per heavy atom. The third-order valence-corrected chi connectivity index (χ3v) is 2.75. The Kier molecular flexibility index (Phi) is 4.70. The monoisotopic (exact) mass is 185 g/mol. The van der Waals surface area contributed by atoms with Crippen molar-refractivity contribution in [2.45, 2.75) is 27.7 Å². The first-order valence-electron chi connectivity index (χ1n) is 4.86. The quantitative estimate of drug-likeness (QED) is 0.508. The van der Waals surface area contributed by atoms with Crippen molar-refractivity contribution < 1.29 is 9.28 Å². The third-order valence-electron chi connectivity index (χ3n) is 2.75. The van der Waals surface area contributed by atoms with Gasteiger partial charge in [0.15, 0.2) is 0 Å². The van der Waals surface area contributed by atoms with Gasteiger partial charge in [-0.25, -0.2) is 0 Å². The zero-order valence-corrected chi connectivity index (χ0v) is 9.13. The predicted octanol–water partition coefficient (Wildman–Crippen LogP) is 1.25.